The molecule has 1 saturated heterocycles. The van der Waals surface area contributed by atoms with Gasteiger partial charge in [0.05, 0.1) is 41.9 Å². The van der Waals surface area contributed by atoms with Gasteiger partial charge in [0.1, 0.15) is 5.52 Å². The number of fused-ring (bicyclic) bond motifs is 2. The minimum Gasteiger partial charge on any atom is -0.464 e. The Balaban J connectivity index is 1.48. The first-order valence-electron chi connectivity index (χ1n) is 12.6. The molecule has 0 aliphatic carbocycles. The van der Waals surface area contributed by atoms with Crippen LogP contribution in [0.25, 0.3) is 22.0 Å². The SMILES string of the molecule is CCOC(=O)C(c1ncn2c1CCC2)n1cc2c(Cl)cc(-c3ccccc3N3CCOCC3)c(Cl)c2n1. The van der Waals surface area contributed by atoms with E-state index in [9.17, 15) is 4.79 Å². The molecule has 2 aromatic heterocycles. The molecule has 4 aromatic rings. The van der Waals surface area contributed by atoms with Gasteiger partial charge in [0, 0.05) is 53.7 Å². The maximum Gasteiger partial charge on any atom is 0.337 e. The number of hydrogen-bond donors (Lipinski definition) is 0. The van der Waals surface area contributed by atoms with Crippen LogP contribution in [0, 0.1) is 0 Å². The van der Waals surface area contributed by atoms with Crippen molar-refractivity contribution < 1.29 is 14.3 Å². The van der Waals surface area contributed by atoms with E-state index < -0.39 is 12.0 Å². The van der Waals surface area contributed by atoms with E-state index in [2.05, 4.69) is 20.5 Å². The molecule has 1 atom stereocenters. The molecule has 2 aromatic carbocycles. The van der Waals surface area contributed by atoms with Crippen LogP contribution >= 0.6 is 23.2 Å². The number of aryl methyl sites for hydroxylation is 1. The van der Waals surface area contributed by atoms with Crippen LogP contribution in [0.5, 0.6) is 0 Å². The summed E-state index contributed by atoms with van der Waals surface area (Å²) in [5, 5.41) is 6.47. The number of rotatable bonds is 6. The Hall–Kier alpha value is -3.07. The number of halogens is 2. The molecule has 10 heteroatoms. The predicted molar refractivity (Wildman–Crippen MR) is 144 cm³/mol. The number of para-hydroxylation sites is 1. The van der Waals surface area contributed by atoms with Crippen molar-refractivity contribution in [3.8, 4) is 11.1 Å². The van der Waals surface area contributed by atoms with Gasteiger partial charge in [-0.05, 0) is 31.9 Å². The van der Waals surface area contributed by atoms with Crippen LogP contribution in [-0.2, 0) is 27.2 Å². The molecule has 192 valence electrons. The Bertz CT molecular complexity index is 1470. The highest BCUT2D eigenvalue weighted by molar-refractivity contribution is 6.42. The summed E-state index contributed by atoms with van der Waals surface area (Å²) in [4.78, 5) is 20.1. The summed E-state index contributed by atoms with van der Waals surface area (Å²) >= 11 is 13.8. The van der Waals surface area contributed by atoms with Crippen LogP contribution in [0.3, 0.4) is 0 Å². The fourth-order valence-electron chi connectivity index (χ4n) is 5.33. The van der Waals surface area contributed by atoms with Crippen molar-refractivity contribution in [3.05, 3.63) is 64.3 Å². The van der Waals surface area contributed by atoms with E-state index in [-0.39, 0.29) is 6.61 Å². The molecule has 8 nitrogen and oxygen atoms in total. The number of imidazole rings is 1. The number of carbonyl (C=O) groups excluding carboxylic acids is 1. The van der Waals surface area contributed by atoms with Gasteiger partial charge >= 0.3 is 5.97 Å². The number of hydrogen-bond acceptors (Lipinski definition) is 6. The van der Waals surface area contributed by atoms with Crippen LogP contribution in [0.2, 0.25) is 10.0 Å². The maximum absolute atomic E-state index is 13.2. The number of ether oxygens (including phenoxy) is 2. The molecule has 0 spiro atoms. The number of carbonyl (C=O) groups is 1. The first kappa shape index (κ1) is 24.3. The smallest absolute Gasteiger partial charge is 0.337 e. The van der Waals surface area contributed by atoms with Crippen molar-refractivity contribution in [2.45, 2.75) is 32.4 Å². The first-order valence-corrected chi connectivity index (χ1v) is 13.3. The average Bonchev–Trinajstić information content (AvgIpc) is 3.65. The molecule has 0 N–H and O–H groups in total. The lowest BCUT2D eigenvalue weighted by molar-refractivity contribution is -0.146. The van der Waals surface area contributed by atoms with E-state index in [1.165, 1.54) is 0 Å². The molecule has 2 aliphatic heterocycles. The lowest BCUT2D eigenvalue weighted by Gasteiger charge is -2.30. The molecular formula is C27H27Cl2N5O3. The van der Waals surface area contributed by atoms with Gasteiger partial charge in [-0.15, -0.1) is 0 Å². The van der Waals surface area contributed by atoms with Crippen LogP contribution in [0.15, 0.2) is 42.9 Å². The van der Waals surface area contributed by atoms with Gasteiger partial charge < -0.3 is 18.9 Å². The molecule has 4 heterocycles. The van der Waals surface area contributed by atoms with Crippen LogP contribution in [0.1, 0.15) is 30.8 Å². The Kier molecular flexibility index (Phi) is 6.56. The summed E-state index contributed by atoms with van der Waals surface area (Å²) < 4.78 is 14.7. The molecule has 1 fully saturated rings. The zero-order valence-corrected chi connectivity index (χ0v) is 22.0. The molecule has 1 unspecified atom stereocenters. The predicted octanol–water partition coefficient (Wildman–Crippen LogP) is 5.14. The van der Waals surface area contributed by atoms with E-state index in [0.717, 1.165) is 55.0 Å². The number of esters is 1. The van der Waals surface area contributed by atoms with E-state index in [0.29, 0.717) is 39.9 Å². The Labute approximate surface area is 224 Å². The van der Waals surface area contributed by atoms with Crippen molar-refractivity contribution in [3.63, 3.8) is 0 Å². The minimum absolute atomic E-state index is 0.260. The molecular weight excluding hydrogens is 513 g/mol. The van der Waals surface area contributed by atoms with Crippen LogP contribution < -0.4 is 4.90 Å². The van der Waals surface area contributed by atoms with Crippen molar-refractivity contribution in [2.75, 3.05) is 37.8 Å². The zero-order chi connectivity index (χ0) is 25.5. The summed E-state index contributed by atoms with van der Waals surface area (Å²) in [7, 11) is 0. The third kappa shape index (κ3) is 4.27. The molecule has 0 bridgehead atoms. The number of morpholine rings is 1. The lowest BCUT2D eigenvalue weighted by atomic mass is 10.0. The van der Waals surface area contributed by atoms with E-state index >= 15 is 0 Å². The average molecular weight is 540 g/mol. The summed E-state index contributed by atoms with van der Waals surface area (Å²) in [5.74, 6) is -0.408. The summed E-state index contributed by atoms with van der Waals surface area (Å²) in [6.45, 7) is 5.90. The van der Waals surface area contributed by atoms with Gasteiger partial charge in [-0.3, -0.25) is 4.68 Å². The summed E-state index contributed by atoms with van der Waals surface area (Å²) in [5.41, 5.74) is 5.07. The highest BCUT2D eigenvalue weighted by Gasteiger charge is 2.33. The second-order valence-corrected chi connectivity index (χ2v) is 10.0. The Morgan fingerprint density at radius 2 is 1.97 bits per heavy atom. The van der Waals surface area contributed by atoms with Gasteiger partial charge in [0.15, 0.2) is 6.04 Å². The fourth-order valence-corrected chi connectivity index (χ4v) is 5.88. The molecule has 0 saturated carbocycles. The molecule has 2 aliphatic rings. The maximum atomic E-state index is 13.2. The number of anilines is 1. The Morgan fingerprint density at radius 3 is 2.78 bits per heavy atom. The number of benzene rings is 2. The van der Waals surface area contributed by atoms with Gasteiger partial charge in [0.2, 0.25) is 0 Å². The third-order valence-corrected chi connectivity index (χ3v) is 7.77. The van der Waals surface area contributed by atoms with Gasteiger partial charge in [0.25, 0.3) is 0 Å². The van der Waals surface area contributed by atoms with Crippen molar-refractivity contribution in [1.29, 1.82) is 0 Å². The van der Waals surface area contributed by atoms with Crippen molar-refractivity contribution >= 4 is 45.8 Å². The van der Waals surface area contributed by atoms with Gasteiger partial charge in [-0.2, -0.15) is 5.10 Å². The minimum atomic E-state index is -0.821. The van der Waals surface area contributed by atoms with Crippen LogP contribution in [0.4, 0.5) is 5.69 Å². The summed E-state index contributed by atoms with van der Waals surface area (Å²) in [6.07, 6.45) is 5.43. The Morgan fingerprint density at radius 1 is 1.16 bits per heavy atom. The standard InChI is InChI=1S/C27H27Cl2N5O3/c1-2-37-27(35)26(25-22-8-5-9-33(22)16-30-25)34-15-19-20(28)14-18(23(29)24(19)31-34)17-6-3-4-7-21(17)32-10-12-36-13-11-32/h3-4,6-7,14-16,26H,2,5,8-13H2,1H3. The van der Waals surface area contributed by atoms with Crippen molar-refractivity contribution in [2.24, 2.45) is 0 Å². The third-order valence-electron chi connectivity index (χ3n) is 7.08. The number of nitrogens with zero attached hydrogens (tertiary/aromatic N) is 5. The second kappa shape index (κ2) is 10.0. The van der Waals surface area contributed by atoms with E-state index in [1.54, 1.807) is 24.1 Å². The number of aromatic nitrogens is 4. The highest BCUT2D eigenvalue weighted by Crippen LogP contribution is 2.42. The van der Waals surface area contributed by atoms with Gasteiger partial charge in [-0.1, -0.05) is 41.4 Å². The first-order chi connectivity index (χ1) is 18.1. The van der Waals surface area contributed by atoms with E-state index in [1.807, 2.05) is 24.3 Å². The molecule has 0 amide bonds. The topological polar surface area (TPSA) is 74.4 Å². The molecule has 0 radical (unpaired) electrons. The quantitative estimate of drug-likeness (QED) is 0.316. The van der Waals surface area contributed by atoms with Crippen molar-refractivity contribution in [1.82, 2.24) is 19.3 Å². The van der Waals surface area contributed by atoms with E-state index in [4.69, 9.17) is 37.8 Å². The molecule has 37 heavy (non-hydrogen) atoms. The van der Waals surface area contributed by atoms with Crippen LogP contribution in [-0.4, -0.2) is 58.2 Å². The zero-order valence-electron chi connectivity index (χ0n) is 20.5. The summed E-state index contributed by atoms with van der Waals surface area (Å²) in [6, 6.07) is 9.20. The highest BCUT2D eigenvalue weighted by atomic mass is 35.5. The second-order valence-electron chi connectivity index (χ2n) is 9.24. The normalized spacial score (nSPS) is 16.2. The molecule has 6 rings (SSSR count). The largest absolute Gasteiger partial charge is 0.464 e. The fraction of sp³-hybridized carbons (Fsp3) is 0.370. The lowest BCUT2D eigenvalue weighted by Crippen LogP contribution is -2.36. The monoisotopic (exact) mass is 539 g/mol. The van der Waals surface area contributed by atoms with Gasteiger partial charge in [-0.25, -0.2) is 9.78 Å².